The van der Waals surface area contributed by atoms with E-state index in [1.165, 1.54) is 25.3 Å². The summed E-state index contributed by atoms with van der Waals surface area (Å²) < 4.78 is 13.1. The number of hydrogen-bond acceptors (Lipinski definition) is 2. The zero-order chi connectivity index (χ0) is 13.0. The van der Waals surface area contributed by atoms with Crippen LogP contribution in [0.2, 0.25) is 0 Å². The molecule has 0 bridgehead atoms. The second kappa shape index (κ2) is 6.30. The third-order valence-corrected chi connectivity index (χ3v) is 3.92. The highest BCUT2D eigenvalue weighted by molar-refractivity contribution is 5.16. The van der Waals surface area contributed by atoms with Crippen molar-refractivity contribution in [3.05, 3.63) is 35.6 Å². The molecular weight excluding hydrogens is 227 g/mol. The minimum absolute atomic E-state index is 0.144. The molecular formula is C15H23FN2. The van der Waals surface area contributed by atoms with E-state index in [0.717, 1.165) is 24.6 Å². The van der Waals surface area contributed by atoms with Crippen LogP contribution in [0.5, 0.6) is 0 Å². The van der Waals surface area contributed by atoms with Crippen LogP contribution in [-0.4, -0.2) is 31.6 Å². The van der Waals surface area contributed by atoms with E-state index in [0.29, 0.717) is 6.04 Å². The minimum Gasteiger partial charge on any atom is -0.317 e. The van der Waals surface area contributed by atoms with Gasteiger partial charge in [-0.2, -0.15) is 0 Å². The van der Waals surface area contributed by atoms with Crippen molar-refractivity contribution in [3.8, 4) is 0 Å². The van der Waals surface area contributed by atoms with E-state index in [2.05, 4.69) is 24.3 Å². The van der Waals surface area contributed by atoms with Gasteiger partial charge in [0.15, 0.2) is 0 Å². The monoisotopic (exact) mass is 250 g/mol. The molecule has 2 atom stereocenters. The third kappa shape index (κ3) is 3.53. The lowest BCUT2D eigenvalue weighted by atomic mass is 10.0. The molecule has 18 heavy (non-hydrogen) atoms. The van der Waals surface area contributed by atoms with Gasteiger partial charge in [-0.1, -0.05) is 18.6 Å². The lowest BCUT2D eigenvalue weighted by Crippen LogP contribution is -2.36. The van der Waals surface area contributed by atoms with Crippen LogP contribution >= 0.6 is 0 Å². The van der Waals surface area contributed by atoms with Crippen LogP contribution in [0, 0.1) is 11.7 Å². The molecule has 3 heteroatoms. The molecule has 0 aliphatic heterocycles. The molecule has 1 aliphatic carbocycles. The van der Waals surface area contributed by atoms with Gasteiger partial charge in [-0.15, -0.1) is 0 Å². The molecule has 1 saturated carbocycles. The maximum absolute atomic E-state index is 13.1. The maximum Gasteiger partial charge on any atom is 0.123 e. The third-order valence-electron chi connectivity index (χ3n) is 3.92. The van der Waals surface area contributed by atoms with Gasteiger partial charge in [0.25, 0.3) is 0 Å². The largest absolute Gasteiger partial charge is 0.317 e. The summed E-state index contributed by atoms with van der Waals surface area (Å²) >= 11 is 0. The topological polar surface area (TPSA) is 15.3 Å². The summed E-state index contributed by atoms with van der Waals surface area (Å²) in [5.41, 5.74) is 1.05. The first-order chi connectivity index (χ1) is 8.69. The van der Waals surface area contributed by atoms with Crippen LogP contribution in [0.4, 0.5) is 4.39 Å². The van der Waals surface area contributed by atoms with E-state index < -0.39 is 0 Å². The summed E-state index contributed by atoms with van der Waals surface area (Å²) in [4.78, 5) is 2.30. The Labute approximate surface area is 109 Å². The number of hydrogen-bond donors (Lipinski definition) is 1. The molecule has 0 saturated heterocycles. The van der Waals surface area contributed by atoms with Gasteiger partial charge in [0.1, 0.15) is 5.82 Å². The van der Waals surface area contributed by atoms with Crippen molar-refractivity contribution in [1.29, 1.82) is 0 Å². The average molecular weight is 250 g/mol. The molecule has 2 nitrogen and oxygen atoms in total. The zero-order valence-electron chi connectivity index (χ0n) is 11.3. The SMILES string of the molecule is CNC1CCCC1CN(C)Cc1cccc(F)c1. The fourth-order valence-electron chi connectivity index (χ4n) is 3.05. The van der Waals surface area contributed by atoms with Crippen molar-refractivity contribution in [3.63, 3.8) is 0 Å². The highest BCUT2D eigenvalue weighted by Gasteiger charge is 2.26. The van der Waals surface area contributed by atoms with E-state index in [4.69, 9.17) is 0 Å². The van der Waals surface area contributed by atoms with Crippen LogP contribution < -0.4 is 5.32 Å². The minimum atomic E-state index is -0.144. The molecule has 0 amide bonds. The summed E-state index contributed by atoms with van der Waals surface area (Å²) in [6, 6.07) is 7.55. The Morgan fingerprint density at radius 2 is 2.22 bits per heavy atom. The highest BCUT2D eigenvalue weighted by Crippen LogP contribution is 2.26. The Hall–Kier alpha value is -0.930. The second-order valence-corrected chi connectivity index (χ2v) is 5.41. The zero-order valence-corrected chi connectivity index (χ0v) is 11.3. The van der Waals surface area contributed by atoms with Crippen LogP contribution in [0.3, 0.4) is 0 Å². The first-order valence-corrected chi connectivity index (χ1v) is 6.79. The number of halogens is 1. The van der Waals surface area contributed by atoms with Crippen LogP contribution in [0.15, 0.2) is 24.3 Å². The van der Waals surface area contributed by atoms with Gasteiger partial charge in [-0.05, 0) is 50.6 Å². The maximum atomic E-state index is 13.1. The van der Waals surface area contributed by atoms with Crippen molar-refractivity contribution in [1.82, 2.24) is 10.2 Å². The van der Waals surface area contributed by atoms with Crippen molar-refractivity contribution in [2.45, 2.75) is 31.8 Å². The van der Waals surface area contributed by atoms with Gasteiger partial charge in [0, 0.05) is 19.1 Å². The quantitative estimate of drug-likeness (QED) is 0.864. The predicted molar refractivity (Wildman–Crippen MR) is 72.9 cm³/mol. The first-order valence-electron chi connectivity index (χ1n) is 6.79. The van der Waals surface area contributed by atoms with Crippen LogP contribution in [-0.2, 0) is 6.54 Å². The number of nitrogens with zero attached hydrogens (tertiary/aromatic N) is 1. The summed E-state index contributed by atoms with van der Waals surface area (Å²) in [5, 5.41) is 3.41. The summed E-state index contributed by atoms with van der Waals surface area (Å²) in [5.74, 6) is 0.587. The van der Waals surface area contributed by atoms with E-state index in [-0.39, 0.29) is 5.82 Å². The van der Waals surface area contributed by atoms with Gasteiger partial charge < -0.3 is 10.2 Å². The summed E-state index contributed by atoms with van der Waals surface area (Å²) in [6.07, 6.45) is 3.91. The standard InChI is InChI=1S/C15H23FN2/c1-17-15-8-4-6-13(15)11-18(2)10-12-5-3-7-14(16)9-12/h3,5,7,9,13,15,17H,4,6,8,10-11H2,1-2H3. The van der Waals surface area contributed by atoms with Crippen molar-refractivity contribution < 1.29 is 4.39 Å². The molecule has 0 aromatic heterocycles. The molecule has 0 spiro atoms. The Kier molecular flexibility index (Phi) is 4.72. The number of nitrogens with one attached hydrogen (secondary N) is 1. The molecule has 2 rings (SSSR count). The van der Waals surface area contributed by atoms with Crippen LogP contribution in [0.25, 0.3) is 0 Å². The average Bonchev–Trinajstić information content (AvgIpc) is 2.76. The van der Waals surface area contributed by atoms with Crippen LogP contribution in [0.1, 0.15) is 24.8 Å². The Morgan fingerprint density at radius 3 is 2.94 bits per heavy atom. The first kappa shape index (κ1) is 13.5. The van der Waals surface area contributed by atoms with Gasteiger partial charge in [-0.3, -0.25) is 0 Å². The predicted octanol–water partition coefficient (Wildman–Crippen LogP) is 2.65. The highest BCUT2D eigenvalue weighted by atomic mass is 19.1. The molecule has 1 fully saturated rings. The van der Waals surface area contributed by atoms with Crippen molar-refractivity contribution in [2.75, 3.05) is 20.6 Å². The summed E-state index contributed by atoms with van der Waals surface area (Å²) in [6.45, 7) is 1.91. The van der Waals surface area contributed by atoms with Gasteiger partial charge in [-0.25, -0.2) is 4.39 Å². The molecule has 1 aromatic carbocycles. The Morgan fingerprint density at radius 1 is 1.39 bits per heavy atom. The lowest BCUT2D eigenvalue weighted by molar-refractivity contribution is 0.248. The Balaban J connectivity index is 1.86. The second-order valence-electron chi connectivity index (χ2n) is 5.41. The van der Waals surface area contributed by atoms with E-state index >= 15 is 0 Å². The molecule has 1 aliphatic rings. The van der Waals surface area contributed by atoms with E-state index in [1.54, 1.807) is 12.1 Å². The summed E-state index contributed by atoms with van der Waals surface area (Å²) in [7, 11) is 4.17. The molecule has 0 radical (unpaired) electrons. The molecule has 1 N–H and O–H groups in total. The van der Waals surface area contributed by atoms with Crippen molar-refractivity contribution in [2.24, 2.45) is 5.92 Å². The number of benzene rings is 1. The van der Waals surface area contributed by atoms with Crippen molar-refractivity contribution >= 4 is 0 Å². The van der Waals surface area contributed by atoms with E-state index in [9.17, 15) is 4.39 Å². The lowest BCUT2D eigenvalue weighted by Gasteiger charge is -2.25. The van der Waals surface area contributed by atoms with Gasteiger partial charge >= 0.3 is 0 Å². The fourth-order valence-corrected chi connectivity index (χ4v) is 3.05. The normalized spacial score (nSPS) is 23.8. The van der Waals surface area contributed by atoms with E-state index in [1.807, 2.05) is 6.07 Å². The molecule has 2 unspecified atom stereocenters. The molecule has 0 heterocycles. The molecule has 100 valence electrons. The van der Waals surface area contributed by atoms with Gasteiger partial charge in [0.2, 0.25) is 0 Å². The smallest absolute Gasteiger partial charge is 0.123 e. The number of rotatable bonds is 5. The fraction of sp³-hybridized carbons (Fsp3) is 0.600. The van der Waals surface area contributed by atoms with Gasteiger partial charge in [0.05, 0.1) is 0 Å². The Bertz CT molecular complexity index is 381. The molecule has 1 aromatic rings.